The number of fused-ring (bicyclic) bond motifs is 1. The van der Waals surface area contributed by atoms with Gasteiger partial charge in [-0.3, -0.25) is 14.5 Å². The molecule has 3 atom stereocenters. The summed E-state index contributed by atoms with van der Waals surface area (Å²) in [6.45, 7) is -0.412. The van der Waals surface area contributed by atoms with Crippen molar-refractivity contribution in [1.29, 1.82) is 0 Å². The van der Waals surface area contributed by atoms with E-state index in [4.69, 9.17) is 24.9 Å². The largest absolute Gasteiger partial charge is 1.00 e. The predicted molar refractivity (Wildman–Crippen MR) is 163 cm³/mol. The van der Waals surface area contributed by atoms with Gasteiger partial charge >= 0.3 is 5.97 Å². The molecule has 248 valence electrons. The Hall–Kier alpha value is -3.33. The van der Waals surface area contributed by atoms with E-state index in [9.17, 15) is 18.8 Å². The second-order valence-corrected chi connectivity index (χ2v) is 12.6. The molecule has 2 aromatic rings. The van der Waals surface area contributed by atoms with E-state index in [1.54, 1.807) is 37.5 Å². The van der Waals surface area contributed by atoms with Crippen LogP contribution in [0.25, 0.3) is 0 Å². The van der Waals surface area contributed by atoms with Crippen LogP contribution in [0.5, 0.6) is 5.75 Å². The molecule has 1 unspecified atom stereocenters. The number of ether oxygens (including phenoxy) is 2. The van der Waals surface area contributed by atoms with Gasteiger partial charge in [0, 0.05) is 23.7 Å². The molecule has 2 amide bonds. The number of nitrogens with one attached hydrogen (secondary N) is 1. The molecule has 14 nitrogen and oxygen atoms in total. The van der Waals surface area contributed by atoms with Crippen LogP contribution in [0.4, 0.5) is 9.52 Å². The van der Waals surface area contributed by atoms with Crippen LogP contribution in [0.1, 0.15) is 17.8 Å². The maximum absolute atomic E-state index is 13.6. The summed E-state index contributed by atoms with van der Waals surface area (Å²) in [7, 11) is 5.49. The molecule has 18 heteroatoms. The predicted octanol–water partition coefficient (Wildman–Crippen LogP) is -1.44. The van der Waals surface area contributed by atoms with E-state index in [2.05, 4.69) is 19.8 Å². The molecule has 2 fully saturated rings. The lowest BCUT2D eigenvalue weighted by Gasteiger charge is -2.49. The number of hydrogen-bond donors (Lipinski definition) is 2. The molecule has 0 bridgehead atoms. The molecule has 4 heterocycles. The normalized spacial score (nSPS) is 22.2. The van der Waals surface area contributed by atoms with Gasteiger partial charge in [-0.1, -0.05) is 23.4 Å². The molecule has 0 spiro atoms. The average Bonchev–Trinajstić information content (AvgIpc) is 3.62. The van der Waals surface area contributed by atoms with Crippen LogP contribution in [0, 0.1) is 0 Å². The van der Waals surface area contributed by atoms with Crippen LogP contribution in [0.15, 0.2) is 52.8 Å². The summed E-state index contributed by atoms with van der Waals surface area (Å²) in [5, 5.41) is 5.78. The minimum atomic E-state index is -1.00. The molecule has 3 N–H and O–H groups in total. The number of anilines is 1. The number of hydroxylamine groups is 3. The van der Waals surface area contributed by atoms with E-state index in [0.717, 1.165) is 30.1 Å². The molecule has 3 aliphatic heterocycles. The maximum Gasteiger partial charge on any atom is 0.355 e. The fourth-order valence-corrected chi connectivity index (χ4v) is 6.59. The molecule has 0 radical (unpaired) electrons. The highest BCUT2D eigenvalue weighted by molar-refractivity contribution is 8.00. The molecule has 1 aromatic carbocycles. The molecule has 5 rings (SSSR count). The number of allylic oxidation sites excluding steroid dienone is 1. The lowest BCUT2D eigenvalue weighted by Crippen LogP contribution is -3.00. The second-order valence-electron chi connectivity index (χ2n) is 10.7. The first-order chi connectivity index (χ1) is 21.6. The lowest BCUT2D eigenvalue weighted by atomic mass is 10.0. The van der Waals surface area contributed by atoms with Gasteiger partial charge in [0.15, 0.2) is 5.13 Å². The Kier molecular flexibility index (Phi) is 12.0. The van der Waals surface area contributed by atoms with E-state index in [0.29, 0.717) is 21.7 Å². The van der Waals surface area contributed by atoms with Crippen LogP contribution in [0.2, 0.25) is 0 Å². The van der Waals surface area contributed by atoms with Crippen molar-refractivity contribution >= 4 is 51.9 Å². The number of methoxy groups -OCH3 is 1. The Morgan fingerprint density at radius 1 is 1.30 bits per heavy atom. The third-order valence-electron chi connectivity index (χ3n) is 7.08. The van der Waals surface area contributed by atoms with Gasteiger partial charge in [-0.2, -0.15) is 18.8 Å². The van der Waals surface area contributed by atoms with Crippen molar-refractivity contribution in [2.24, 2.45) is 5.16 Å². The summed E-state index contributed by atoms with van der Waals surface area (Å²) in [6, 6.07) is 6.07. The highest BCUT2D eigenvalue weighted by Gasteiger charge is 2.54. The molecule has 1 aromatic heterocycles. The molecule has 3 aliphatic rings. The number of rotatable bonds is 12. The van der Waals surface area contributed by atoms with Crippen molar-refractivity contribution < 1.29 is 66.5 Å². The zero-order valence-electron chi connectivity index (χ0n) is 25.2. The summed E-state index contributed by atoms with van der Waals surface area (Å²) in [5.41, 5.74) is 6.72. The Labute approximate surface area is 289 Å². The van der Waals surface area contributed by atoms with Crippen LogP contribution >= 0.6 is 23.3 Å². The van der Waals surface area contributed by atoms with Gasteiger partial charge in [0.1, 0.15) is 55.4 Å². The number of carbonyl (C=O) groups is 3. The van der Waals surface area contributed by atoms with Crippen molar-refractivity contribution in [1.82, 2.24) is 19.6 Å². The quantitative estimate of drug-likeness (QED) is 0.0492. The number of nitrogen functional groups attached to an aromatic ring is 1. The number of hydrogen-bond acceptors (Lipinski definition) is 13. The van der Waals surface area contributed by atoms with E-state index in [1.807, 2.05) is 20.2 Å². The third kappa shape index (κ3) is 8.14. The number of alkyl halides is 1. The Morgan fingerprint density at radius 3 is 2.70 bits per heavy atom. The molecular formula is C28H33FIN7O7S2. The van der Waals surface area contributed by atoms with Crippen LogP contribution in [0.3, 0.4) is 0 Å². The molecule has 0 saturated carbocycles. The zero-order valence-corrected chi connectivity index (χ0v) is 29.0. The number of halogens is 2. The average molecular weight is 790 g/mol. The van der Waals surface area contributed by atoms with Crippen LogP contribution < -0.4 is 39.8 Å². The van der Waals surface area contributed by atoms with Gasteiger partial charge in [0.05, 0.1) is 21.2 Å². The number of nitrogens with zero attached hydrogens (tertiary/aromatic N) is 5. The molecule has 0 aliphatic carbocycles. The number of quaternary nitrogens is 1. The van der Waals surface area contributed by atoms with Gasteiger partial charge in [0.2, 0.25) is 11.5 Å². The van der Waals surface area contributed by atoms with Crippen LogP contribution in [-0.2, 0) is 35.4 Å². The van der Waals surface area contributed by atoms with Gasteiger partial charge in [-0.25, -0.2) is 9.18 Å². The van der Waals surface area contributed by atoms with Crippen molar-refractivity contribution in [2.45, 2.75) is 30.5 Å². The summed E-state index contributed by atoms with van der Waals surface area (Å²) >= 11 is 2.21. The lowest BCUT2D eigenvalue weighted by molar-refractivity contribution is -1.06. The minimum Gasteiger partial charge on any atom is -1.00 e. The highest BCUT2D eigenvalue weighted by Crippen LogP contribution is 2.41. The second kappa shape index (κ2) is 15.5. The first-order valence-corrected chi connectivity index (χ1v) is 15.8. The fourth-order valence-electron chi connectivity index (χ4n) is 4.83. The molecular weight excluding hydrogens is 756 g/mol. The number of carbonyl (C=O) groups excluding carboxylic acids is 3. The van der Waals surface area contributed by atoms with Crippen molar-refractivity contribution in [3.8, 4) is 5.75 Å². The minimum absolute atomic E-state index is 0. The number of β-lactam (4-membered cyclic amide) rings is 1. The number of nitrogens with two attached hydrogens (primary N) is 1. The number of aromatic nitrogens is 2. The van der Waals surface area contributed by atoms with E-state index in [-0.39, 0.29) is 59.1 Å². The third-order valence-corrected chi connectivity index (χ3v) is 8.93. The first-order valence-electron chi connectivity index (χ1n) is 13.9. The van der Waals surface area contributed by atoms with Crippen molar-refractivity contribution in [2.75, 3.05) is 52.5 Å². The van der Waals surface area contributed by atoms with Crippen LogP contribution in [-0.4, -0.2) is 107 Å². The SMILES string of the molecule is COc1ccc(COC(=O)C2=C(/C=C/C3CC[N+](C)(C)O3)CS[C@@H]3[C@H](NC(=O)/C(=N\OCCF)c4nsc(N)n4)C(=O)N23)cc1.[I-]. The van der Waals surface area contributed by atoms with Gasteiger partial charge < -0.3 is 49.3 Å². The van der Waals surface area contributed by atoms with E-state index < -0.39 is 42.5 Å². The van der Waals surface area contributed by atoms with Gasteiger partial charge in [0.25, 0.3) is 11.8 Å². The maximum atomic E-state index is 13.6. The van der Waals surface area contributed by atoms with E-state index >= 15 is 0 Å². The number of thioether (sulfide) groups is 1. The number of esters is 1. The summed E-state index contributed by atoms with van der Waals surface area (Å²) in [4.78, 5) is 56.4. The Bertz CT molecular complexity index is 1540. The summed E-state index contributed by atoms with van der Waals surface area (Å²) in [6.07, 6.45) is 4.33. The molecule has 2 saturated heterocycles. The Morgan fingerprint density at radius 2 is 2.07 bits per heavy atom. The smallest absolute Gasteiger partial charge is 0.355 e. The van der Waals surface area contributed by atoms with Crippen molar-refractivity contribution in [3.05, 3.63) is 59.1 Å². The first kappa shape index (κ1) is 35.5. The van der Waals surface area contributed by atoms with Gasteiger partial charge in [-0.05, 0) is 29.3 Å². The summed E-state index contributed by atoms with van der Waals surface area (Å²) < 4.78 is 27.8. The highest BCUT2D eigenvalue weighted by atomic mass is 127. The van der Waals surface area contributed by atoms with E-state index in [1.165, 1.54) is 16.7 Å². The zero-order chi connectivity index (χ0) is 32.1. The molecule has 46 heavy (non-hydrogen) atoms. The Balaban J connectivity index is 0.00000480. The standard InChI is InChI=1S/C28H32FN7O7S2.HI/c1-36(2)12-10-19(43-36)9-6-17-15-44-26-21(31-24(37)20(33-42-13-11-29)23-32-28(30)45-34-23)25(38)35(26)22(17)27(39)41-14-16-4-7-18(40-3)8-5-16;/h4-9,19,21,26H,10-15H2,1-3H3,(H2-,30,31,32,34,37);1H/b9-6+,33-20-;/t19?,21-,26-;/m1./s1. The summed E-state index contributed by atoms with van der Waals surface area (Å²) in [5.74, 6) is -1.12. The number of amides is 2. The van der Waals surface area contributed by atoms with Crippen molar-refractivity contribution in [3.63, 3.8) is 0 Å². The van der Waals surface area contributed by atoms with Gasteiger partial charge in [-0.15, -0.1) is 11.8 Å². The number of benzene rings is 1. The fraction of sp³-hybridized carbons (Fsp3) is 0.429. The topological polar surface area (TPSA) is 168 Å². The number of oxime groups is 1. The monoisotopic (exact) mass is 789 g/mol.